The number of ether oxygens (including phenoxy) is 1. The molecule has 2 saturated heterocycles. The molecular formula is C15H18N4O3. The van der Waals surface area contributed by atoms with Crippen molar-refractivity contribution in [1.29, 1.82) is 0 Å². The van der Waals surface area contributed by atoms with E-state index < -0.39 is 5.97 Å². The van der Waals surface area contributed by atoms with Crippen LogP contribution in [0.15, 0.2) is 12.4 Å². The molecule has 116 valence electrons. The smallest absolute Gasteiger partial charge is 0.352 e. The van der Waals surface area contributed by atoms with Crippen LogP contribution in [0, 0.1) is 5.41 Å². The lowest BCUT2D eigenvalue weighted by Crippen LogP contribution is -2.46. The number of carboxylic acid groups (broad SMARTS) is 1. The quantitative estimate of drug-likeness (QED) is 0.799. The Hall–Kier alpha value is -2.15. The van der Waals surface area contributed by atoms with Crippen LogP contribution in [0.2, 0.25) is 0 Å². The van der Waals surface area contributed by atoms with Crippen LogP contribution in [-0.4, -0.2) is 45.3 Å². The zero-order chi connectivity index (χ0) is 15.2. The number of carbonyl (C=O) groups is 1. The van der Waals surface area contributed by atoms with Gasteiger partial charge >= 0.3 is 5.97 Å². The molecule has 1 saturated carbocycles. The van der Waals surface area contributed by atoms with Gasteiger partial charge in [0.25, 0.3) is 0 Å². The van der Waals surface area contributed by atoms with E-state index in [-0.39, 0.29) is 11.1 Å². The fraction of sp³-hybridized carbons (Fsp3) is 0.533. The van der Waals surface area contributed by atoms with E-state index in [1.807, 2.05) is 0 Å². The molecule has 2 aliphatic heterocycles. The highest BCUT2D eigenvalue weighted by molar-refractivity contribution is 5.96. The standard InChI is InChI=1S/C15H18N4O3/c20-14(21)11-5-10-12(17-8-18-13(10)19-11)16-6-15-3-1-9(2-4-15)22-7-15/h5,8-9H,1-4,6-7H2,(H,20,21)(H2,16,17,18,19). The molecule has 7 nitrogen and oxygen atoms in total. The van der Waals surface area contributed by atoms with E-state index in [0.717, 1.165) is 26.0 Å². The number of hydrogen-bond acceptors (Lipinski definition) is 5. The summed E-state index contributed by atoms with van der Waals surface area (Å²) < 4.78 is 5.84. The third kappa shape index (κ3) is 2.21. The van der Waals surface area contributed by atoms with Gasteiger partial charge in [0.15, 0.2) is 0 Å². The number of fused-ring (bicyclic) bond motifs is 4. The fourth-order valence-electron chi connectivity index (χ4n) is 3.50. The largest absolute Gasteiger partial charge is 0.477 e. The molecule has 4 heterocycles. The summed E-state index contributed by atoms with van der Waals surface area (Å²) in [6.45, 7) is 1.59. The van der Waals surface area contributed by atoms with Crippen molar-refractivity contribution >= 4 is 22.8 Å². The van der Waals surface area contributed by atoms with Gasteiger partial charge in [-0.3, -0.25) is 0 Å². The van der Waals surface area contributed by atoms with E-state index in [2.05, 4.69) is 20.3 Å². The number of nitrogens with one attached hydrogen (secondary N) is 2. The molecule has 3 aliphatic rings. The van der Waals surface area contributed by atoms with Crippen molar-refractivity contribution in [2.75, 3.05) is 18.5 Å². The number of H-pyrrole nitrogens is 1. The third-order valence-corrected chi connectivity index (χ3v) is 4.91. The van der Waals surface area contributed by atoms with Crippen LogP contribution in [0.1, 0.15) is 36.2 Å². The number of anilines is 1. The van der Waals surface area contributed by atoms with Crippen molar-refractivity contribution in [3.8, 4) is 0 Å². The molecule has 1 aliphatic carbocycles. The Morgan fingerprint density at radius 1 is 1.45 bits per heavy atom. The first kappa shape index (κ1) is 13.5. The van der Waals surface area contributed by atoms with Crippen molar-refractivity contribution in [1.82, 2.24) is 15.0 Å². The Bertz CT molecular complexity index is 705. The molecule has 2 bridgehead atoms. The second-order valence-electron chi connectivity index (χ2n) is 6.34. The van der Waals surface area contributed by atoms with Crippen LogP contribution in [0.5, 0.6) is 0 Å². The van der Waals surface area contributed by atoms with Crippen molar-refractivity contribution in [3.05, 3.63) is 18.1 Å². The summed E-state index contributed by atoms with van der Waals surface area (Å²) in [6, 6.07) is 1.58. The Morgan fingerprint density at radius 3 is 2.95 bits per heavy atom. The number of hydrogen-bond donors (Lipinski definition) is 3. The molecule has 0 radical (unpaired) electrons. The van der Waals surface area contributed by atoms with Crippen LogP contribution >= 0.6 is 0 Å². The maximum atomic E-state index is 11.1. The van der Waals surface area contributed by atoms with E-state index in [0.29, 0.717) is 23.0 Å². The van der Waals surface area contributed by atoms with Crippen molar-refractivity contribution in [2.24, 2.45) is 5.41 Å². The minimum atomic E-state index is -0.999. The molecule has 0 atom stereocenters. The van der Waals surface area contributed by atoms with Crippen LogP contribution in [0.25, 0.3) is 11.0 Å². The zero-order valence-corrected chi connectivity index (χ0v) is 12.1. The molecule has 0 unspecified atom stereocenters. The van der Waals surface area contributed by atoms with Crippen molar-refractivity contribution < 1.29 is 14.6 Å². The average molecular weight is 302 g/mol. The lowest BCUT2D eigenvalue weighted by molar-refractivity contribution is -0.108. The number of rotatable bonds is 4. The molecule has 2 aromatic heterocycles. The highest BCUT2D eigenvalue weighted by atomic mass is 16.5. The molecule has 3 fully saturated rings. The van der Waals surface area contributed by atoms with Gasteiger partial charge in [0.2, 0.25) is 0 Å². The topological polar surface area (TPSA) is 100 Å². The second kappa shape index (κ2) is 4.95. The molecule has 0 aromatic carbocycles. The monoisotopic (exact) mass is 302 g/mol. The maximum Gasteiger partial charge on any atom is 0.352 e. The molecular weight excluding hydrogens is 284 g/mol. The predicted octanol–water partition coefficient (Wildman–Crippen LogP) is 2.03. The van der Waals surface area contributed by atoms with Crippen LogP contribution in [0.3, 0.4) is 0 Å². The number of aromatic carboxylic acids is 1. The van der Waals surface area contributed by atoms with E-state index in [1.165, 1.54) is 19.2 Å². The van der Waals surface area contributed by atoms with Gasteiger partial charge in [-0.2, -0.15) is 0 Å². The molecule has 7 heteroatoms. The average Bonchev–Trinajstić information content (AvgIpc) is 3.00. The van der Waals surface area contributed by atoms with Gasteiger partial charge in [0, 0.05) is 12.0 Å². The summed E-state index contributed by atoms with van der Waals surface area (Å²) in [5.74, 6) is -0.322. The van der Waals surface area contributed by atoms with E-state index in [1.54, 1.807) is 6.07 Å². The Kier molecular flexibility index (Phi) is 3.04. The Balaban J connectivity index is 1.57. The van der Waals surface area contributed by atoms with Gasteiger partial charge in [-0.25, -0.2) is 14.8 Å². The highest BCUT2D eigenvalue weighted by Crippen LogP contribution is 2.43. The minimum Gasteiger partial charge on any atom is -0.477 e. The zero-order valence-electron chi connectivity index (χ0n) is 12.1. The van der Waals surface area contributed by atoms with Crippen LogP contribution in [0.4, 0.5) is 5.82 Å². The minimum absolute atomic E-state index is 0.123. The number of nitrogens with zero attached hydrogens (tertiary/aromatic N) is 2. The summed E-state index contributed by atoms with van der Waals surface area (Å²) in [5.41, 5.74) is 0.840. The first-order valence-electron chi connectivity index (χ1n) is 7.58. The Morgan fingerprint density at radius 2 is 2.27 bits per heavy atom. The van der Waals surface area contributed by atoms with Crippen LogP contribution in [-0.2, 0) is 4.74 Å². The summed E-state index contributed by atoms with van der Waals surface area (Å²) in [6.07, 6.45) is 6.51. The third-order valence-electron chi connectivity index (χ3n) is 4.91. The Labute approximate surface area is 127 Å². The first-order valence-corrected chi connectivity index (χ1v) is 7.58. The fourth-order valence-corrected chi connectivity index (χ4v) is 3.50. The molecule has 3 N–H and O–H groups in total. The molecule has 2 aromatic rings. The molecule has 5 rings (SSSR count). The lowest BCUT2D eigenvalue weighted by atomic mass is 9.71. The van der Waals surface area contributed by atoms with Crippen LogP contribution < -0.4 is 5.32 Å². The summed E-state index contributed by atoms with van der Waals surface area (Å²) in [5, 5.41) is 13.2. The second-order valence-corrected chi connectivity index (χ2v) is 6.34. The highest BCUT2D eigenvalue weighted by Gasteiger charge is 2.41. The SMILES string of the molecule is O=C(O)c1cc2c(NCC34CCC(CC3)OC4)ncnc2[nH]1. The van der Waals surface area contributed by atoms with Gasteiger partial charge in [-0.1, -0.05) is 0 Å². The predicted molar refractivity (Wildman–Crippen MR) is 80.0 cm³/mol. The summed E-state index contributed by atoms with van der Waals surface area (Å²) in [4.78, 5) is 22.2. The molecule has 0 spiro atoms. The van der Waals surface area contributed by atoms with Crippen molar-refractivity contribution in [2.45, 2.75) is 31.8 Å². The number of aromatic nitrogens is 3. The van der Waals surface area contributed by atoms with Gasteiger partial charge < -0.3 is 20.1 Å². The summed E-state index contributed by atoms with van der Waals surface area (Å²) >= 11 is 0. The van der Waals surface area contributed by atoms with Gasteiger partial charge in [-0.05, 0) is 31.7 Å². The van der Waals surface area contributed by atoms with Gasteiger partial charge in [-0.15, -0.1) is 0 Å². The van der Waals surface area contributed by atoms with E-state index >= 15 is 0 Å². The normalized spacial score (nSPS) is 27.2. The molecule has 0 amide bonds. The maximum absolute atomic E-state index is 11.1. The number of carboxylic acids is 1. The number of aromatic amines is 1. The lowest BCUT2D eigenvalue weighted by Gasteiger charge is -2.46. The van der Waals surface area contributed by atoms with Gasteiger partial charge in [0.05, 0.1) is 18.1 Å². The first-order chi connectivity index (χ1) is 10.7. The van der Waals surface area contributed by atoms with E-state index in [9.17, 15) is 4.79 Å². The molecule has 22 heavy (non-hydrogen) atoms. The summed E-state index contributed by atoms with van der Waals surface area (Å²) in [7, 11) is 0. The van der Waals surface area contributed by atoms with E-state index in [4.69, 9.17) is 9.84 Å². The van der Waals surface area contributed by atoms with Gasteiger partial charge in [0.1, 0.15) is 23.5 Å². The van der Waals surface area contributed by atoms with Crippen molar-refractivity contribution in [3.63, 3.8) is 0 Å².